The monoisotopic (exact) mass is 161 g/mol. The lowest BCUT2D eigenvalue weighted by molar-refractivity contribution is 0.175. The molecule has 0 bridgehead atoms. The van der Waals surface area contributed by atoms with Crippen LogP contribution in [0.25, 0.3) is 0 Å². The van der Waals surface area contributed by atoms with Crippen molar-refractivity contribution in [2.24, 2.45) is 0 Å². The van der Waals surface area contributed by atoms with E-state index < -0.39 is 0 Å². The molecule has 1 radical (unpaired) electrons. The topological polar surface area (TPSA) is 49.4 Å². The maximum absolute atomic E-state index is 9.58. The van der Waals surface area contributed by atoms with Crippen LogP contribution in [0.4, 0.5) is 0 Å². The van der Waals surface area contributed by atoms with Gasteiger partial charge in [-0.05, 0) is 25.7 Å². The third-order valence-electron chi connectivity index (χ3n) is 1.38. The van der Waals surface area contributed by atoms with Gasteiger partial charge in [-0.1, -0.05) is 0 Å². The fourth-order valence-electron chi connectivity index (χ4n) is 0.724. The van der Waals surface area contributed by atoms with Gasteiger partial charge in [0.15, 0.2) is 0 Å². The Morgan fingerprint density at radius 1 is 1.18 bits per heavy atom. The summed E-state index contributed by atoms with van der Waals surface area (Å²) in [5.74, 6) is 0. The van der Waals surface area contributed by atoms with Crippen LogP contribution in [0.1, 0.15) is 25.7 Å². The van der Waals surface area contributed by atoms with Crippen molar-refractivity contribution in [1.29, 1.82) is 0 Å². The van der Waals surface area contributed by atoms with E-state index in [1.165, 1.54) is 12.8 Å². The molecule has 0 aromatic heterocycles. The number of ether oxygens (including phenoxy) is 1. The van der Waals surface area contributed by atoms with E-state index in [9.17, 15) is 5.11 Å². The van der Waals surface area contributed by atoms with Crippen LogP contribution in [0.5, 0.6) is 0 Å². The largest absolute Gasteiger partial charge is 0.396 e. The third-order valence-corrected chi connectivity index (χ3v) is 1.38. The van der Waals surface area contributed by atoms with Gasteiger partial charge in [-0.2, -0.15) is 0 Å². The molecule has 1 rings (SSSR count). The minimum atomic E-state index is -0.0550. The van der Waals surface area contributed by atoms with Gasteiger partial charge in [-0.25, -0.2) is 5.11 Å². The summed E-state index contributed by atoms with van der Waals surface area (Å²) in [6, 6.07) is 0. The zero-order valence-corrected chi connectivity index (χ0v) is 6.92. The van der Waals surface area contributed by atoms with E-state index in [4.69, 9.17) is 9.84 Å². The summed E-state index contributed by atoms with van der Waals surface area (Å²) in [5, 5.41) is 17.6. The van der Waals surface area contributed by atoms with Crippen LogP contribution in [-0.2, 0) is 9.84 Å². The third kappa shape index (κ3) is 9.88. The number of rotatable bonds is 3. The van der Waals surface area contributed by atoms with Gasteiger partial charge in [0.25, 0.3) is 0 Å². The molecule has 1 heterocycles. The first-order valence-electron chi connectivity index (χ1n) is 4.18. The van der Waals surface area contributed by atoms with Gasteiger partial charge < -0.3 is 9.84 Å². The molecule has 0 aliphatic carbocycles. The van der Waals surface area contributed by atoms with Gasteiger partial charge in [-0.15, -0.1) is 0 Å². The SMILES string of the molecule is C1CCOC1.[O]CCCCO. The van der Waals surface area contributed by atoms with Crippen molar-refractivity contribution in [1.82, 2.24) is 0 Å². The number of aliphatic hydroxyl groups excluding tert-OH is 1. The normalized spacial score (nSPS) is 15.8. The first-order valence-corrected chi connectivity index (χ1v) is 4.18. The van der Waals surface area contributed by atoms with E-state index in [-0.39, 0.29) is 13.2 Å². The minimum absolute atomic E-state index is 0.0550. The van der Waals surface area contributed by atoms with Crippen molar-refractivity contribution < 1.29 is 14.9 Å². The molecule has 0 unspecified atom stereocenters. The van der Waals surface area contributed by atoms with Gasteiger partial charge in [0.1, 0.15) is 0 Å². The van der Waals surface area contributed by atoms with Gasteiger partial charge in [-0.3, -0.25) is 0 Å². The molecule has 0 aromatic rings. The second-order valence-electron chi connectivity index (χ2n) is 2.45. The molecule has 3 heteroatoms. The van der Waals surface area contributed by atoms with Crippen LogP contribution >= 0.6 is 0 Å². The van der Waals surface area contributed by atoms with Crippen LogP contribution in [0.15, 0.2) is 0 Å². The number of hydrogen-bond donors (Lipinski definition) is 1. The summed E-state index contributed by atoms with van der Waals surface area (Å²) < 4.78 is 4.94. The minimum Gasteiger partial charge on any atom is -0.396 e. The van der Waals surface area contributed by atoms with Gasteiger partial charge >= 0.3 is 0 Å². The summed E-state index contributed by atoms with van der Waals surface area (Å²) in [6.07, 6.45) is 3.82. The van der Waals surface area contributed by atoms with Crippen molar-refractivity contribution in [2.45, 2.75) is 25.7 Å². The zero-order valence-electron chi connectivity index (χ0n) is 6.92. The molecule has 11 heavy (non-hydrogen) atoms. The highest BCUT2D eigenvalue weighted by Crippen LogP contribution is 1.98. The standard InChI is InChI=1S/C4H9O2.C4H8O/c5-3-1-2-4-6;1-2-4-5-3-1/h5H,1-4H2;1-4H2. The number of unbranched alkanes of at least 4 members (excludes halogenated alkanes) is 1. The maximum Gasteiger partial charge on any atom is 0.0823 e. The lowest BCUT2D eigenvalue weighted by atomic mass is 10.3. The molecule has 1 aliphatic heterocycles. The van der Waals surface area contributed by atoms with Crippen LogP contribution in [0, 0.1) is 0 Å². The molecule has 1 saturated heterocycles. The fraction of sp³-hybridized carbons (Fsp3) is 1.00. The fourth-order valence-corrected chi connectivity index (χ4v) is 0.724. The van der Waals surface area contributed by atoms with Crippen LogP contribution < -0.4 is 0 Å². The number of hydrogen-bond acceptors (Lipinski definition) is 2. The highest BCUT2D eigenvalue weighted by atomic mass is 16.5. The molecular weight excluding hydrogens is 144 g/mol. The van der Waals surface area contributed by atoms with Crippen molar-refractivity contribution in [3.63, 3.8) is 0 Å². The molecule has 0 amide bonds. The number of aliphatic hydroxyl groups is 1. The molecule has 1 fully saturated rings. The van der Waals surface area contributed by atoms with Gasteiger partial charge in [0, 0.05) is 19.8 Å². The predicted octanol–water partition coefficient (Wildman–Crippen LogP) is 0.986. The van der Waals surface area contributed by atoms with Crippen molar-refractivity contribution >= 4 is 0 Å². The molecule has 3 nitrogen and oxygen atoms in total. The summed E-state index contributed by atoms with van der Waals surface area (Å²) >= 11 is 0. The Morgan fingerprint density at radius 3 is 2.00 bits per heavy atom. The van der Waals surface area contributed by atoms with E-state index in [0.29, 0.717) is 12.8 Å². The van der Waals surface area contributed by atoms with Crippen molar-refractivity contribution in [3.8, 4) is 0 Å². The second-order valence-corrected chi connectivity index (χ2v) is 2.45. The van der Waals surface area contributed by atoms with Crippen LogP contribution in [0.3, 0.4) is 0 Å². The van der Waals surface area contributed by atoms with Crippen molar-refractivity contribution in [3.05, 3.63) is 0 Å². The lowest BCUT2D eigenvalue weighted by Crippen LogP contribution is -1.84. The average molecular weight is 161 g/mol. The van der Waals surface area contributed by atoms with Crippen LogP contribution in [0.2, 0.25) is 0 Å². The Balaban J connectivity index is 0.000000183. The second kappa shape index (κ2) is 9.88. The first kappa shape index (κ1) is 10.9. The summed E-state index contributed by atoms with van der Waals surface area (Å²) in [7, 11) is 0. The Hall–Kier alpha value is -0.120. The van der Waals surface area contributed by atoms with E-state index in [0.717, 1.165) is 13.2 Å². The summed E-state index contributed by atoms with van der Waals surface area (Å²) in [6.45, 7) is 2.10. The quantitative estimate of drug-likeness (QED) is 0.627. The maximum atomic E-state index is 9.58. The molecule has 0 atom stereocenters. The molecule has 0 spiro atoms. The van der Waals surface area contributed by atoms with E-state index in [1.807, 2.05) is 0 Å². The smallest absolute Gasteiger partial charge is 0.0823 e. The molecular formula is C8H17O3. The highest BCUT2D eigenvalue weighted by molar-refractivity contribution is 4.43. The highest BCUT2D eigenvalue weighted by Gasteiger charge is 1.94. The van der Waals surface area contributed by atoms with E-state index in [2.05, 4.69) is 0 Å². The Labute approximate surface area is 68.0 Å². The molecule has 1 N–H and O–H groups in total. The summed E-state index contributed by atoms with van der Waals surface area (Å²) in [5.41, 5.74) is 0. The zero-order chi connectivity index (χ0) is 8.36. The summed E-state index contributed by atoms with van der Waals surface area (Å²) in [4.78, 5) is 0. The Morgan fingerprint density at radius 2 is 1.82 bits per heavy atom. The molecule has 0 aromatic carbocycles. The molecule has 1 aliphatic rings. The Bertz CT molecular complexity index is 50.7. The predicted molar refractivity (Wildman–Crippen MR) is 41.9 cm³/mol. The molecule has 67 valence electrons. The van der Waals surface area contributed by atoms with Crippen molar-refractivity contribution in [2.75, 3.05) is 26.4 Å². The average Bonchev–Trinajstić information content (AvgIpc) is 2.57. The van der Waals surface area contributed by atoms with E-state index in [1.54, 1.807) is 0 Å². The van der Waals surface area contributed by atoms with Crippen LogP contribution in [-0.4, -0.2) is 31.5 Å². The van der Waals surface area contributed by atoms with Gasteiger partial charge in [0.05, 0.1) is 6.61 Å². The Kier molecular flexibility index (Phi) is 9.77. The molecule has 0 saturated carbocycles. The lowest BCUT2D eigenvalue weighted by Gasteiger charge is -1.83. The van der Waals surface area contributed by atoms with E-state index >= 15 is 0 Å². The van der Waals surface area contributed by atoms with Gasteiger partial charge in [0.2, 0.25) is 0 Å². The first-order chi connectivity index (χ1) is 5.41.